The summed E-state index contributed by atoms with van der Waals surface area (Å²) in [6.45, 7) is 5.32. The predicted octanol–water partition coefficient (Wildman–Crippen LogP) is 2.44. The van der Waals surface area contributed by atoms with Crippen molar-refractivity contribution in [3.63, 3.8) is 0 Å². The molecule has 0 radical (unpaired) electrons. The van der Waals surface area contributed by atoms with Crippen molar-refractivity contribution in [1.82, 2.24) is 5.32 Å². The minimum Gasteiger partial charge on any atom is -0.494 e. The first-order valence-corrected chi connectivity index (χ1v) is 7.93. The maximum Gasteiger partial charge on any atom is 0.306 e. The molecule has 1 aromatic carbocycles. The van der Waals surface area contributed by atoms with Crippen molar-refractivity contribution in [2.75, 3.05) is 13.2 Å². The number of carbonyl (C=O) groups excluding carboxylic acids is 2. The van der Waals surface area contributed by atoms with Crippen LogP contribution in [0.25, 0.3) is 0 Å². The zero-order chi connectivity index (χ0) is 18.0. The van der Waals surface area contributed by atoms with Crippen LogP contribution in [0, 0.1) is 17.2 Å². The van der Waals surface area contributed by atoms with Gasteiger partial charge in [0.05, 0.1) is 12.7 Å². The van der Waals surface area contributed by atoms with E-state index in [0.29, 0.717) is 13.0 Å². The van der Waals surface area contributed by atoms with Crippen LogP contribution >= 0.6 is 0 Å². The Morgan fingerprint density at radius 2 is 1.96 bits per heavy atom. The molecule has 1 N–H and O–H groups in total. The number of benzene rings is 1. The van der Waals surface area contributed by atoms with Gasteiger partial charge < -0.3 is 14.8 Å². The van der Waals surface area contributed by atoms with E-state index in [9.17, 15) is 9.59 Å². The van der Waals surface area contributed by atoms with E-state index in [4.69, 9.17) is 14.7 Å². The molecule has 1 rings (SSSR count). The number of para-hydroxylation sites is 1. The smallest absolute Gasteiger partial charge is 0.306 e. The van der Waals surface area contributed by atoms with Crippen molar-refractivity contribution in [1.29, 1.82) is 5.26 Å². The summed E-state index contributed by atoms with van der Waals surface area (Å²) in [5, 5.41) is 11.7. The van der Waals surface area contributed by atoms with Gasteiger partial charge in [0, 0.05) is 6.42 Å². The van der Waals surface area contributed by atoms with E-state index >= 15 is 0 Å². The van der Waals surface area contributed by atoms with Gasteiger partial charge in [0.15, 0.2) is 6.61 Å². The standard InChI is InChI=1S/C18H24N2O4/c1-14(2)18(3,13-19)20-16(21)12-24-17(22)10-7-11-23-15-8-5-4-6-9-15/h4-6,8-9,14H,7,10-12H2,1-3H3,(H,20,21)/t18-/m0/s1. The molecule has 0 saturated carbocycles. The van der Waals surface area contributed by atoms with E-state index in [1.54, 1.807) is 6.92 Å². The minimum atomic E-state index is -0.979. The first-order valence-electron chi connectivity index (χ1n) is 7.93. The Kier molecular flexibility index (Phi) is 7.76. The molecule has 0 saturated heterocycles. The molecule has 24 heavy (non-hydrogen) atoms. The normalized spacial score (nSPS) is 12.8. The zero-order valence-electron chi connectivity index (χ0n) is 14.4. The van der Waals surface area contributed by atoms with Gasteiger partial charge in [-0.3, -0.25) is 9.59 Å². The summed E-state index contributed by atoms with van der Waals surface area (Å²) in [4.78, 5) is 23.4. The predicted molar refractivity (Wildman–Crippen MR) is 89.1 cm³/mol. The largest absolute Gasteiger partial charge is 0.494 e. The number of hydrogen-bond acceptors (Lipinski definition) is 5. The maximum absolute atomic E-state index is 11.8. The SMILES string of the molecule is CC(C)[C@](C)(C#N)NC(=O)COC(=O)CCCOc1ccccc1. The summed E-state index contributed by atoms with van der Waals surface area (Å²) in [7, 11) is 0. The van der Waals surface area contributed by atoms with Gasteiger partial charge in [0.25, 0.3) is 5.91 Å². The Hall–Kier alpha value is -2.55. The first-order chi connectivity index (χ1) is 11.4. The van der Waals surface area contributed by atoms with Crippen LogP contribution in [0.2, 0.25) is 0 Å². The molecule has 0 aliphatic rings. The molecule has 1 amide bonds. The van der Waals surface area contributed by atoms with E-state index in [2.05, 4.69) is 11.4 Å². The van der Waals surface area contributed by atoms with E-state index in [1.165, 1.54) is 0 Å². The van der Waals surface area contributed by atoms with Crippen molar-refractivity contribution in [3.05, 3.63) is 30.3 Å². The molecule has 6 heteroatoms. The van der Waals surface area contributed by atoms with Crippen molar-refractivity contribution >= 4 is 11.9 Å². The molecule has 0 bridgehead atoms. The molecule has 0 aliphatic heterocycles. The summed E-state index contributed by atoms with van der Waals surface area (Å²) in [5.74, 6) is -0.265. The van der Waals surface area contributed by atoms with E-state index in [0.717, 1.165) is 5.75 Å². The molecular formula is C18H24N2O4. The summed E-state index contributed by atoms with van der Waals surface area (Å²) >= 11 is 0. The van der Waals surface area contributed by atoms with E-state index < -0.39 is 17.4 Å². The number of amides is 1. The molecule has 0 unspecified atom stereocenters. The Bertz CT molecular complexity index is 580. The second-order valence-corrected chi connectivity index (χ2v) is 5.94. The first kappa shape index (κ1) is 19.5. The highest BCUT2D eigenvalue weighted by atomic mass is 16.5. The van der Waals surface area contributed by atoms with Crippen LogP contribution in [0.15, 0.2) is 30.3 Å². The van der Waals surface area contributed by atoms with Gasteiger partial charge >= 0.3 is 5.97 Å². The average Bonchev–Trinajstić information content (AvgIpc) is 2.57. The van der Waals surface area contributed by atoms with Crippen LogP contribution in [-0.4, -0.2) is 30.6 Å². The van der Waals surface area contributed by atoms with Gasteiger partial charge in [-0.2, -0.15) is 5.26 Å². The number of nitriles is 1. The van der Waals surface area contributed by atoms with Crippen LogP contribution < -0.4 is 10.1 Å². The number of carbonyl (C=O) groups is 2. The van der Waals surface area contributed by atoms with Gasteiger partial charge in [-0.15, -0.1) is 0 Å². The number of nitrogens with zero attached hydrogens (tertiary/aromatic N) is 1. The molecular weight excluding hydrogens is 308 g/mol. The molecule has 1 atom stereocenters. The summed E-state index contributed by atoms with van der Waals surface area (Å²) < 4.78 is 10.4. The van der Waals surface area contributed by atoms with Crippen LogP contribution in [-0.2, 0) is 14.3 Å². The lowest BCUT2D eigenvalue weighted by Gasteiger charge is -2.27. The highest BCUT2D eigenvalue weighted by Gasteiger charge is 2.30. The summed E-state index contributed by atoms with van der Waals surface area (Å²) in [6.07, 6.45) is 0.664. The highest BCUT2D eigenvalue weighted by molar-refractivity contribution is 5.81. The third-order valence-electron chi connectivity index (χ3n) is 3.69. The van der Waals surface area contributed by atoms with Gasteiger partial charge in [0.1, 0.15) is 11.3 Å². The van der Waals surface area contributed by atoms with E-state index in [-0.39, 0.29) is 18.9 Å². The van der Waals surface area contributed by atoms with Gasteiger partial charge in [-0.1, -0.05) is 32.0 Å². The van der Waals surface area contributed by atoms with Crippen LogP contribution in [0.4, 0.5) is 0 Å². The van der Waals surface area contributed by atoms with Crippen LogP contribution in [0.1, 0.15) is 33.6 Å². The fourth-order valence-electron chi connectivity index (χ4n) is 1.77. The molecule has 0 fully saturated rings. The number of hydrogen-bond donors (Lipinski definition) is 1. The molecule has 130 valence electrons. The monoisotopic (exact) mass is 332 g/mol. The lowest BCUT2D eigenvalue weighted by atomic mass is 9.90. The van der Waals surface area contributed by atoms with Crippen LogP contribution in [0.5, 0.6) is 5.75 Å². The summed E-state index contributed by atoms with van der Waals surface area (Å²) in [5.41, 5.74) is -0.979. The van der Waals surface area contributed by atoms with E-state index in [1.807, 2.05) is 44.2 Å². The second-order valence-electron chi connectivity index (χ2n) is 5.94. The van der Waals surface area contributed by atoms with Gasteiger partial charge in [-0.05, 0) is 31.4 Å². The second kappa shape index (κ2) is 9.56. The van der Waals surface area contributed by atoms with Crippen molar-refractivity contribution in [3.8, 4) is 11.8 Å². The Labute approximate surface area is 142 Å². The number of nitrogens with one attached hydrogen (secondary N) is 1. The number of ether oxygens (including phenoxy) is 2. The van der Waals surface area contributed by atoms with Crippen molar-refractivity contribution < 1.29 is 19.1 Å². The van der Waals surface area contributed by atoms with Crippen LogP contribution in [0.3, 0.4) is 0 Å². The lowest BCUT2D eigenvalue weighted by Crippen LogP contribution is -2.50. The minimum absolute atomic E-state index is 0.0581. The molecule has 0 aromatic heterocycles. The Morgan fingerprint density at radius 1 is 1.29 bits per heavy atom. The van der Waals surface area contributed by atoms with Gasteiger partial charge in [0.2, 0.25) is 0 Å². The quantitative estimate of drug-likeness (QED) is 0.554. The Morgan fingerprint density at radius 3 is 2.54 bits per heavy atom. The lowest BCUT2D eigenvalue weighted by molar-refractivity contribution is -0.149. The molecule has 1 aromatic rings. The fourth-order valence-corrected chi connectivity index (χ4v) is 1.77. The molecule has 0 aliphatic carbocycles. The average molecular weight is 332 g/mol. The molecule has 6 nitrogen and oxygen atoms in total. The number of rotatable bonds is 9. The third-order valence-corrected chi connectivity index (χ3v) is 3.69. The number of esters is 1. The van der Waals surface area contributed by atoms with Crippen molar-refractivity contribution in [2.45, 2.75) is 39.2 Å². The third kappa shape index (κ3) is 6.69. The Balaban J connectivity index is 2.21. The fraction of sp³-hybridized carbons (Fsp3) is 0.500. The molecule has 0 spiro atoms. The van der Waals surface area contributed by atoms with Crippen molar-refractivity contribution in [2.24, 2.45) is 5.92 Å². The highest BCUT2D eigenvalue weighted by Crippen LogP contribution is 2.14. The summed E-state index contributed by atoms with van der Waals surface area (Å²) in [6, 6.07) is 11.4. The zero-order valence-corrected chi connectivity index (χ0v) is 14.4. The topological polar surface area (TPSA) is 88.4 Å². The molecule has 0 heterocycles. The van der Waals surface area contributed by atoms with Gasteiger partial charge in [-0.25, -0.2) is 0 Å². The maximum atomic E-state index is 11.8.